The molecule has 1 atom stereocenters. The third-order valence-corrected chi connectivity index (χ3v) is 5.60. The largest absolute Gasteiger partial charge is 0.459 e. The molecule has 30 heavy (non-hydrogen) atoms. The topological polar surface area (TPSA) is 71.3 Å². The molecule has 0 aliphatic rings. The third-order valence-electron chi connectivity index (χ3n) is 4.60. The summed E-state index contributed by atoms with van der Waals surface area (Å²) in [6.45, 7) is 0. The van der Waals surface area contributed by atoms with E-state index in [-0.39, 0.29) is 23.6 Å². The zero-order chi connectivity index (χ0) is 20.8. The Bertz CT molecular complexity index is 1110. The predicted molar refractivity (Wildman–Crippen MR) is 118 cm³/mol. The zero-order valence-electron chi connectivity index (χ0n) is 16.1. The molecule has 5 nitrogen and oxygen atoms in total. The van der Waals surface area contributed by atoms with Gasteiger partial charge in [0.05, 0.1) is 22.2 Å². The van der Waals surface area contributed by atoms with Crippen molar-refractivity contribution in [2.24, 2.45) is 0 Å². The van der Waals surface area contributed by atoms with E-state index < -0.39 is 0 Å². The summed E-state index contributed by atoms with van der Waals surface area (Å²) >= 11 is 1.22. The molecule has 150 valence electrons. The van der Waals surface area contributed by atoms with Gasteiger partial charge < -0.3 is 15.1 Å². The summed E-state index contributed by atoms with van der Waals surface area (Å²) in [5.41, 5.74) is 2.18. The number of anilines is 1. The van der Waals surface area contributed by atoms with Crippen LogP contribution in [-0.4, -0.2) is 11.8 Å². The Balaban J connectivity index is 1.47. The number of thiophene rings is 1. The van der Waals surface area contributed by atoms with Gasteiger partial charge in [0.25, 0.3) is 11.8 Å². The van der Waals surface area contributed by atoms with Crippen LogP contribution in [0.3, 0.4) is 0 Å². The van der Waals surface area contributed by atoms with Crippen LogP contribution in [0.2, 0.25) is 0 Å². The second kappa shape index (κ2) is 9.24. The standard InChI is InChI=1S/C24H20N2O3S/c27-23(20-12-7-15-29-20)26-22-14-13-21(30-22)24(28)25-19(18-10-5-2-6-11-18)16-17-8-3-1-4-9-17/h1-15,19H,16H2,(H,25,28)(H,26,27). The molecule has 0 aliphatic heterocycles. The first-order valence-electron chi connectivity index (χ1n) is 9.53. The number of carbonyl (C=O) groups excluding carboxylic acids is 2. The minimum atomic E-state index is -0.347. The van der Waals surface area contributed by atoms with E-state index in [2.05, 4.69) is 22.8 Å². The summed E-state index contributed by atoms with van der Waals surface area (Å²) in [6.07, 6.45) is 2.13. The highest BCUT2D eigenvalue weighted by Gasteiger charge is 2.18. The molecule has 6 heteroatoms. The van der Waals surface area contributed by atoms with Crippen LogP contribution in [0.15, 0.2) is 95.6 Å². The second-order valence-corrected chi connectivity index (χ2v) is 7.81. The normalized spacial score (nSPS) is 11.6. The molecule has 0 fully saturated rings. The maximum atomic E-state index is 12.9. The van der Waals surface area contributed by atoms with Crippen LogP contribution < -0.4 is 10.6 Å². The number of benzene rings is 2. The summed E-state index contributed by atoms with van der Waals surface area (Å²) in [7, 11) is 0. The number of amides is 2. The summed E-state index contributed by atoms with van der Waals surface area (Å²) < 4.78 is 5.09. The average Bonchev–Trinajstić information content (AvgIpc) is 3.47. The van der Waals surface area contributed by atoms with Gasteiger partial charge in [-0.05, 0) is 41.8 Å². The predicted octanol–water partition coefficient (Wildman–Crippen LogP) is 5.31. The molecular formula is C24H20N2O3S. The van der Waals surface area contributed by atoms with E-state index in [0.29, 0.717) is 16.3 Å². The van der Waals surface area contributed by atoms with Gasteiger partial charge in [-0.2, -0.15) is 0 Å². The van der Waals surface area contributed by atoms with Crippen molar-refractivity contribution in [2.45, 2.75) is 12.5 Å². The van der Waals surface area contributed by atoms with Crippen LogP contribution in [0.4, 0.5) is 5.00 Å². The lowest BCUT2D eigenvalue weighted by Gasteiger charge is -2.19. The van der Waals surface area contributed by atoms with Gasteiger partial charge in [0.15, 0.2) is 5.76 Å². The summed E-state index contributed by atoms with van der Waals surface area (Å²) in [5.74, 6) is -0.301. The molecule has 2 amide bonds. The molecule has 2 aromatic carbocycles. The van der Waals surface area contributed by atoms with Crippen molar-refractivity contribution in [1.82, 2.24) is 5.32 Å². The quantitative estimate of drug-likeness (QED) is 0.429. The van der Waals surface area contributed by atoms with Crippen LogP contribution in [0.5, 0.6) is 0 Å². The Morgan fingerprint density at radius 3 is 2.27 bits per heavy atom. The lowest BCUT2D eigenvalue weighted by molar-refractivity contribution is 0.0939. The van der Waals surface area contributed by atoms with E-state index in [0.717, 1.165) is 11.1 Å². The molecule has 2 heterocycles. The Morgan fingerprint density at radius 1 is 0.833 bits per heavy atom. The SMILES string of the molecule is O=C(Nc1ccc(C(=O)NC(Cc2ccccc2)c2ccccc2)s1)c1ccco1. The van der Waals surface area contributed by atoms with E-state index in [1.165, 1.54) is 17.6 Å². The van der Waals surface area contributed by atoms with Crippen molar-refractivity contribution in [2.75, 3.05) is 5.32 Å². The van der Waals surface area contributed by atoms with Gasteiger partial charge in [-0.3, -0.25) is 9.59 Å². The van der Waals surface area contributed by atoms with Gasteiger partial charge >= 0.3 is 0 Å². The van der Waals surface area contributed by atoms with Crippen molar-refractivity contribution < 1.29 is 14.0 Å². The smallest absolute Gasteiger partial charge is 0.291 e. The maximum absolute atomic E-state index is 12.9. The fourth-order valence-corrected chi connectivity index (χ4v) is 3.93. The molecule has 2 aromatic heterocycles. The second-order valence-electron chi connectivity index (χ2n) is 6.72. The first-order chi connectivity index (χ1) is 14.7. The van der Waals surface area contributed by atoms with E-state index in [4.69, 9.17) is 4.42 Å². The van der Waals surface area contributed by atoms with Crippen molar-refractivity contribution in [3.8, 4) is 0 Å². The monoisotopic (exact) mass is 416 g/mol. The number of hydrogen-bond donors (Lipinski definition) is 2. The Kier molecular flexibility index (Phi) is 6.06. The highest BCUT2D eigenvalue weighted by atomic mass is 32.1. The Labute approximate surface area is 178 Å². The van der Waals surface area contributed by atoms with Crippen LogP contribution in [-0.2, 0) is 6.42 Å². The molecule has 1 unspecified atom stereocenters. The fraction of sp³-hybridized carbons (Fsp3) is 0.0833. The summed E-state index contributed by atoms with van der Waals surface area (Å²) in [4.78, 5) is 25.6. The molecule has 2 N–H and O–H groups in total. The van der Waals surface area contributed by atoms with Gasteiger partial charge in [0.2, 0.25) is 0 Å². The average molecular weight is 417 g/mol. The minimum Gasteiger partial charge on any atom is -0.459 e. The molecular weight excluding hydrogens is 396 g/mol. The maximum Gasteiger partial charge on any atom is 0.291 e. The molecule has 0 saturated heterocycles. The molecule has 4 rings (SSSR count). The van der Waals surface area contributed by atoms with Crippen LogP contribution in [0, 0.1) is 0 Å². The molecule has 4 aromatic rings. The lowest BCUT2D eigenvalue weighted by Crippen LogP contribution is -2.29. The van der Waals surface area contributed by atoms with Gasteiger partial charge in [0.1, 0.15) is 0 Å². The van der Waals surface area contributed by atoms with Crippen LogP contribution >= 0.6 is 11.3 Å². The fourth-order valence-electron chi connectivity index (χ4n) is 3.13. The molecule has 0 aliphatic carbocycles. The molecule has 0 spiro atoms. The lowest BCUT2D eigenvalue weighted by atomic mass is 9.99. The van der Waals surface area contributed by atoms with Crippen LogP contribution in [0.1, 0.15) is 37.4 Å². The van der Waals surface area contributed by atoms with E-state index in [1.54, 1.807) is 24.3 Å². The molecule has 0 bridgehead atoms. The van der Waals surface area contributed by atoms with Crippen molar-refractivity contribution >= 4 is 28.2 Å². The van der Waals surface area contributed by atoms with E-state index >= 15 is 0 Å². The summed E-state index contributed by atoms with van der Waals surface area (Å²) in [5, 5.41) is 6.47. The van der Waals surface area contributed by atoms with Crippen molar-refractivity contribution in [1.29, 1.82) is 0 Å². The van der Waals surface area contributed by atoms with E-state index in [1.807, 2.05) is 48.5 Å². The number of rotatable bonds is 7. The number of furan rings is 1. The summed E-state index contributed by atoms with van der Waals surface area (Å²) in [6, 6.07) is 26.5. The molecule has 0 saturated carbocycles. The van der Waals surface area contributed by atoms with Gasteiger partial charge in [-0.25, -0.2) is 0 Å². The first-order valence-corrected chi connectivity index (χ1v) is 10.3. The number of hydrogen-bond acceptors (Lipinski definition) is 4. The zero-order valence-corrected chi connectivity index (χ0v) is 16.9. The minimum absolute atomic E-state index is 0.163. The van der Waals surface area contributed by atoms with Crippen molar-refractivity contribution in [3.63, 3.8) is 0 Å². The van der Waals surface area contributed by atoms with Gasteiger partial charge in [0, 0.05) is 0 Å². The number of carbonyl (C=O) groups is 2. The van der Waals surface area contributed by atoms with Crippen molar-refractivity contribution in [3.05, 3.63) is 113 Å². The van der Waals surface area contributed by atoms with Gasteiger partial charge in [-0.15, -0.1) is 11.3 Å². The highest BCUT2D eigenvalue weighted by molar-refractivity contribution is 7.18. The van der Waals surface area contributed by atoms with Gasteiger partial charge in [-0.1, -0.05) is 60.7 Å². The number of nitrogens with one attached hydrogen (secondary N) is 2. The third kappa shape index (κ3) is 4.85. The van der Waals surface area contributed by atoms with E-state index in [9.17, 15) is 9.59 Å². The Morgan fingerprint density at radius 2 is 1.57 bits per heavy atom. The molecule has 0 radical (unpaired) electrons. The highest BCUT2D eigenvalue weighted by Crippen LogP contribution is 2.25. The Hall–Kier alpha value is -3.64. The van der Waals surface area contributed by atoms with Crippen LogP contribution in [0.25, 0.3) is 0 Å². The first kappa shape index (κ1) is 19.7.